The highest BCUT2D eigenvalue weighted by Crippen LogP contribution is 2.25. The van der Waals surface area contributed by atoms with Gasteiger partial charge in [0.1, 0.15) is 0 Å². The smallest absolute Gasteiger partial charge is 0.288 e. The quantitative estimate of drug-likeness (QED) is 0.815. The lowest BCUT2D eigenvalue weighted by Crippen LogP contribution is -2.34. The summed E-state index contributed by atoms with van der Waals surface area (Å²) < 4.78 is 0. The van der Waals surface area contributed by atoms with Crippen LogP contribution in [0.15, 0.2) is 60.7 Å². The largest absolute Gasteiger partial charge is 0.297 e. The Hall–Kier alpha value is -2.75. The molecular weight excluding hydrogens is 290 g/mol. The predicted octanol–water partition coefficient (Wildman–Crippen LogP) is 2.34. The molecule has 0 spiro atoms. The SMILES string of the molecule is O=C1C(=O)N(C(=O)CCc2ccccc2)C[C@@H]1c1ccccc1. The van der Waals surface area contributed by atoms with Gasteiger partial charge in [-0.15, -0.1) is 0 Å². The molecule has 4 nitrogen and oxygen atoms in total. The summed E-state index contributed by atoms with van der Waals surface area (Å²) in [7, 11) is 0. The van der Waals surface area contributed by atoms with Crippen molar-refractivity contribution in [3.05, 3.63) is 71.8 Å². The number of Topliss-reactive ketones (excluding diaryl/α,β-unsaturated/α-hetero) is 1. The van der Waals surface area contributed by atoms with Crippen molar-refractivity contribution in [1.29, 1.82) is 0 Å². The summed E-state index contributed by atoms with van der Waals surface area (Å²) in [6.07, 6.45) is 0.790. The molecule has 1 aliphatic heterocycles. The van der Waals surface area contributed by atoms with E-state index in [1.54, 1.807) is 0 Å². The van der Waals surface area contributed by atoms with Crippen LogP contribution in [-0.4, -0.2) is 29.0 Å². The van der Waals surface area contributed by atoms with E-state index < -0.39 is 17.6 Å². The molecule has 23 heavy (non-hydrogen) atoms. The van der Waals surface area contributed by atoms with E-state index in [4.69, 9.17) is 0 Å². The van der Waals surface area contributed by atoms with E-state index in [2.05, 4.69) is 0 Å². The Bertz CT molecular complexity index is 725. The van der Waals surface area contributed by atoms with E-state index in [0.29, 0.717) is 6.42 Å². The van der Waals surface area contributed by atoms with Crippen LogP contribution in [0, 0.1) is 0 Å². The lowest BCUT2D eigenvalue weighted by Gasteiger charge is -2.13. The van der Waals surface area contributed by atoms with Gasteiger partial charge < -0.3 is 0 Å². The number of hydrogen-bond acceptors (Lipinski definition) is 3. The van der Waals surface area contributed by atoms with Crippen molar-refractivity contribution in [1.82, 2.24) is 4.90 Å². The Balaban J connectivity index is 1.67. The maximum absolute atomic E-state index is 12.3. The summed E-state index contributed by atoms with van der Waals surface area (Å²) in [6.45, 7) is 0.148. The third-order valence-corrected chi connectivity index (χ3v) is 4.11. The first-order valence-electron chi connectivity index (χ1n) is 7.64. The highest BCUT2D eigenvalue weighted by Gasteiger charge is 2.42. The van der Waals surface area contributed by atoms with Gasteiger partial charge in [0.25, 0.3) is 5.91 Å². The number of ketones is 1. The van der Waals surface area contributed by atoms with Gasteiger partial charge >= 0.3 is 0 Å². The number of carbonyl (C=O) groups is 3. The van der Waals surface area contributed by atoms with Crippen LogP contribution in [0.2, 0.25) is 0 Å². The van der Waals surface area contributed by atoms with E-state index in [0.717, 1.165) is 16.0 Å². The van der Waals surface area contributed by atoms with Crippen LogP contribution in [0.3, 0.4) is 0 Å². The lowest BCUT2D eigenvalue weighted by atomic mass is 9.97. The van der Waals surface area contributed by atoms with Gasteiger partial charge in [-0.05, 0) is 17.5 Å². The summed E-state index contributed by atoms with van der Waals surface area (Å²) in [5.74, 6) is -2.00. The lowest BCUT2D eigenvalue weighted by molar-refractivity contribution is -0.147. The van der Waals surface area contributed by atoms with Crippen molar-refractivity contribution >= 4 is 17.6 Å². The van der Waals surface area contributed by atoms with Crippen molar-refractivity contribution in [2.45, 2.75) is 18.8 Å². The predicted molar refractivity (Wildman–Crippen MR) is 85.7 cm³/mol. The topological polar surface area (TPSA) is 54.5 Å². The summed E-state index contributed by atoms with van der Waals surface area (Å²) in [5, 5.41) is 0. The van der Waals surface area contributed by atoms with Crippen LogP contribution >= 0.6 is 0 Å². The molecule has 3 rings (SSSR count). The Kier molecular flexibility index (Phi) is 4.33. The third kappa shape index (κ3) is 3.21. The standard InChI is InChI=1S/C19H17NO3/c21-17(12-11-14-7-3-1-4-8-14)20-13-16(18(22)19(20)23)15-9-5-2-6-10-15/h1-10,16H,11-13H2/t16-/m1/s1. The van der Waals surface area contributed by atoms with Crippen LogP contribution in [0.5, 0.6) is 0 Å². The number of hydrogen-bond donors (Lipinski definition) is 0. The van der Waals surface area contributed by atoms with E-state index in [-0.39, 0.29) is 18.9 Å². The van der Waals surface area contributed by atoms with Gasteiger partial charge in [0.15, 0.2) is 0 Å². The zero-order chi connectivity index (χ0) is 16.2. The molecule has 1 saturated heterocycles. The van der Waals surface area contributed by atoms with Crippen molar-refractivity contribution in [2.75, 3.05) is 6.54 Å². The minimum Gasteiger partial charge on any atom is -0.288 e. The average Bonchev–Trinajstić information content (AvgIpc) is 2.90. The second-order valence-electron chi connectivity index (χ2n) is 5.62. The van der Waals surface area contributed by atoms with Gasteiger partial charge in [-0.25, -0.2) is 0 Å². The molecule has 0 aliphatic carbocycles. The van der Waals surface area contributed by atoms with E-state index in [1.807, 2.05) is 60.7 Å². The average molecular weight is 307 g/mol. The summed E-state index contributed by atoms with van der Waals surface area (Å²) in [4.78, 5) is 37.7. The number of benzene rings is 2. The number of nitrogens with zero attached hydrogens (tertiary/aromatic N) is 1. The molecule has 1 heterocycles. The number of amides is 2. The van der Waals surface area contributed by atoms with Gasteiger partial charge in [0, 0.05) is 13.0 Å². The molecule has 0 N–H and O–H groups in total. The molecule has 1 aliphatic rings. The van der Waals surface area contributed by atoms with Crippen molar-refractivity contribution in [3.8, 4) is 0 Å². The van der Waals surface area contributed by atoms with Crippen LogP contribution in [0.1, 0.15) is 23.5 Å². The summed E-state index contributed by atoms with van der Waals surface area (Å²) in [5.41, 5.74) is 1.82. The zero-order valence-electron chi connectivity index (χ0n) is 12.6. The van der Waals surface area contributed by atoms with E-state index in [1.165, 1.54) is 0 Å². The molecule has 2 aromatic carbocycles. The molecule has 0 unspecified atom stereocenters. The first-order chi connectivity index (χ1) is 11.2. The second kappa shape index (κ2) is 6.57. The van der Waals surface area contributed by atoms with Crippen molar-refractivity contribution in [2.24, 2.45) is 0 Å². The Labute approximate surface area is 134 Å². The number of aryl methyl sites for hydroxylation is 1. The molecule has 4 heteroatoms. The third-order valence-electron chi connectivity index (χ3n) is 4.11. The van der Waals surface area contributed by atoms with Gasteiger partial charge in [-0.3, -0.25) is 19.3 Å². The number of likely N-dealkylation sites (tertiary alicyclic amines) is 1. The maximum Gasteiger partial charge on any atom is 0.297 e. The number of rotatable bonds is 4. The summed E-state index contributed by atoms with van der Waals surface area (Å²) >= 11 is 0. The zero-order valence-corrected chi connectivity index (χ0v) is 12.6. The second-order valence-corrected chi connectivity index (χ2v) is 5.62. The highest BCUT2D eigenvalue weighted by atomic mass is 16.2. The van der Waals surface area contributed by atoms with Gasteiger partial charge in [-0.1, -0.05) is 60.7 Å². The van der Waals surface area contributed by atoms with Gasteiger partial charge in [-0.2, -0.15) is 0 Å². The Morgan fingerprint density at radius 3 is 2.22 bits per heavy atom. The van der Waals surface area contributed by atoms with Gasteiger partial charge in [0.05, 0.1) is 5.92 Å². The fraction of sp³-hybridized carbons (Fsp3) is 0.211. The van der Waals surface area contributed by atoms with E-state index in [9.17, 15) is 14.4 Å². The van der Waals surface area contributed by atoms with Gasteiger partial charge in [0.2, 0.25) is 11.7 Å². The molecule has 2 aromatic rings. The van der Waals surface area contributed by atoms with Crippen LogP contribution in [0.4, 0.5) is 0 Å². The van der Waals surface area contributed by atoms with Crippen molar-refractivity contribution < 1.29 is 14.4 Å². The fourth-order valence-corrected chi connectivity index (χ4v) is 2.82. The fourth-order valence-electron chi connectivity index (χ4n) is 2.82. The first kappa shape index (κ1) is 15.2. The van der Waals surface area contributed by atoms with Crippen LogP contribution < -0.4 is 0 Å². The highest BCUT2D eigenvalue weighted by molar-refractivity contribution is 6.42. The minimum atomic E-state index is -0.683. The van der Waals surface area contributed by atoms with Crippen molar-refractivity contribution in [3.63, 3.8) is 0 Å². The number of imide groups is 1. The number of carbonyl (C=O) groups excluding carboxylic acids is 3. The maximum atomic E-state index is 12.3. The minimum absolute atomic E-state index is 0.148. The molecule has 0 bridgehead atoms. The molecule has 2 amide bonds. The molecule has 1 fully saturated rings. The van der Waals surface area contributed by atoms with Crippen LogP contribution in [0.25, 0.3) is 0 Å². The Morgan fingerprint density at radius 2 is 1.57 bits per heavy atom. The molecule has 0 radical (unpaired) electrons. The molecule has 0 aromatic heterocycles. The first-order valence-corrected chi connectivity index (χ1v) is 7.64. The molecule has 0 saturated carbocycles. The Morgan fingerprint density at radius 1 is 0.957 bits per heavy atom. The normalized spacial score (nSPS) is 17.6. The monoisotopic (exact) mass is 307 g/mol. The van der Waals surface area contributed by atoms with Crippen LogP contribution in [-0.2, 0) is 20.8 Å². The molecule has 1 atom stereocenters. The van der Waals surface area contributed by atoms with E-state index >= 15 is 0 Å². The summed E-state index contributed by atoms with van der Waals surface area (Å²) in [6, 6.07) is 18.8. The molecular formula is C19H17NO3. The molecule has 116 valence electrons.